The molecule has 7 heteroatoms. The van der Waals surface area contributed by atoms with Crippen LogP contribution in [0.25, 0.3) is 0 Å². The third kappa shape index (κ3) is 7.43. The van der Waals surface area contributed by atoms with Crippen molar-refractivity contribution >= 4 is 47.2 Å². The average Bonchev–Trinajstić information content (AvgIpc) is 3.11. The van der Waals surface area contributed by atoms with Gasteiger partial charge in [-0.15, -0.1) is 35.3 Å². The van der Waals surface area contributed by atoms with Gasteiger partial charge in [0, 0.05) is 23.5 Å². The first kappa shape index (κ1) is 21.4. The number of amides is 1. The van der Waals surface area contributed by atoms with Crippen LogP contribution in [0, 0.1) is 0 Å². The lowest BCUT2D eigenvalue weighted by molar-refractivity contribution is 0.0955. The van der Waals surface area contributed by atoms with Crippen LogP contribution in [0.5, 0.6) is 0 Å². The highest BCUT2D eigenvalue weighted by atomic mass is 127. The molecule has 1 heterocycles. The number of benzene rings is 1. The summed E-state index contributed by atoms with van der Waals surface area (Å²) < 4.78 is 0. The smallest absolute Gasteiger partial charge is 0.251 e. The Morgan fingerprint density at radius 1 is 1.08 bits per heavy atom. The second-order valence-electron chi connectivity index (χ2n) is 5.19. The number of nitrogens with one attached hydrogen (secondary N) is 3. The highest BCUT2D eigenvalue weighted by Gasteiger charge is 2.05. The molecule has 0 saturated heterocycles. The Hall–Kier alpha value is -1.61. The normalized spacial score (nSPS) is 10.7. The lowest BCUT2D eigenvalue weighted by atomic mass is 10.1. The van der Waals surface area contributed by atoms with E-state index in [4.69, 9.17) is 0 Å². The minimum absolute atomic E-state index is 0. The molecule has 25 heavy (non-hydrogen) atoms. The van der Waals surface area contributed by atoms with Crippen molar-refractivity contribution in [2.75, 3.05) is 13.1 Å². The third-order valence-corrected chi connectivity index (χ3v) is 4.18. The molecule has 5 nitrogen and oxygen atoms in total. The fourth-order valence-corrected chi connectivity index (χ4v) is 2.81. The maximum absolute atomic E-state index is 11.9. The van der Waals surface area contributed by atoms with Crippen LogP contribution in [0.15, 0.2) is 46.8 Å². The molecule has 1 aromatic carbocycles. The predicted molar refractivity (Wildman–Crippen MR) is 116 cm³/mol. The van der Waals surface area contributed by atoms with Crippen LogP contribution in [-0.2, 0) is 13.1 Å². The molecule has 3 N–H and O–H groups in total. The van der Waals surface area contributed by atoms with Crippen molar-refractivity contribution in [1.82, 2.24) is 16.0 Å². The van der Waals surface area contributed by atoms with Crippen molar-refractivity contribution in [3.8, 4) is 0 Å². The second-order valence-corrected chi connectivity index (χ2v) is 6.22. The summed E-state index contributed by atoms with van der Waals surface area (Å²) in [4.78, 5) is 17.8. The van der Waals surface area contributed by atoms with E-state index in [-0.39, 0.29) is 29.9 Å². The summed E-state index contributed by atoms with van der Waals surface area (Å²) in [7, 11) is 0. The van der Waals surface area contributed by atoms with E-state index in [1.54, 1.807) is 11.3 Å². The number of carbonyl (C=O) groups excluding carboxylic acids is 1. The van der Waals surface area contributed by atoms with E-state index in [0.717, 1.165) is 24.6 Å². The lowest BCUT2D eigenvalue weighted by Gasteiger charge is -2.10. The molecule has 0 unspecified atom stereocenters. The van der Waals surface area contributed by atoms with Crippen molar-refractivity contribution in [3.05, 3.63) is 57.8 Å². The maximum atomic E-state index is 11.9. The quantitative estimate of drug-likeness (QED) is 0.329. The molecule has 0 spiro atoms. The Labute approximate surface area is 170 Å². The number of aliphatic imine (C=N–C) groups is 1. The van der Waals surface area contributed by atoms with E-state index >= 15 is 0 Å². The van der Waals surface area contributed by atoms with Crippen LogP contribution < -0.4 is 16.0 Å². The predicted octanol–water partition coefficient (Wildman–Crippen LogP) is 3.37. The van der Waals surface area contributed by atoms with Crippen LogP contribution in [0.1, 0.15) is 34.6 Å². The van der Waals surface area contributed by atoms with E-state index in [1.807, 2.05) is 44.2 Å². The van der Waals surface area contributed by atoms with E-state index in [0.29, 0.717) is 18.7 Å². The molecule has 0 aliphatic heterocycles. The van der Waals surface area contributed by atoms with Gasteiger partial charge >= 0.3 is 0 Å². The Bertz CT molecular complexity index is 673. The lowest BCUT2D eigenvalue weighted by Crippen LogP contribution is -2.36. The van der Waals surface area contributed by atoms with Gasteiger partial charge in [0.1, 0.15) is 0 Å². The Morgan fingerprint density at radius 2 is 1.88 bits per heavy atom. The van der Waals surface area contributed by atoms with Gasteiger partial charge < -0.3 is 16.0 Å². The summed E-state index contributed by atoms with van der Waals surface area (Å²) in [5.41, 5.74) is 1.67. The van der Waals surface area contributed by atoms with Crippen LogP contribution in [0.4, 0.5) is 0 Å². The number of nitrogens with zero attached hydrogens (tertiary/aromatic N) is 1. The topological polar surface area (TPSA) is 65.5 Å². The van der Waals surface area contributed by atoms with Gasteiger partial charge in [0.25, 0.3) is 5.91 Å². The first-order chi connectivity index (χ1) is 11.7. The standard InChI is InChI=1S/C18H24N4OS.HI/c1-3-19-17(23)15-8-5-7-14(11-15)12-21-18(20-4-2)22-13-16-9-6-10-24-16;/h5-11H,3-4,12-13H2,1-2H3,(H,19,23)(H2,20,21,22);1H. The molecular formula is C18H25IN4OS. The molecule has 0 aliphatic carbocycles. The summed E-state index contributed by atoms with van der Waals surface area (Å²) in [6.07, 6.45) is 0. The van der Waals surface area contributed by atoms with Gasteiger partial charge in [0.2, 0.25) is 0 Å². The van der Waals surface area contributed by atoms with Gasteiger partial charge in [0.15, 0.2) is 5.96 Å². The maximum Gasteiger partial charge on any atom is 0.251 e. The SMILES string of the molecule is CCNC(=O)c1cccc(CN=C(NCC)NCc2cccs2)c1.I. The molecular weight excluding hydrogens is 447 g/mol. The molecule has 136 valence electrons. The molecule has 0 aliphatic rings. The zero-order valence-electron chi connectivity index (χ0n) is 14.5. The first-order valence-corrected chi connectivity index (χ1v) is 9.02. The van der Waals surface area contributed by atoms with Crippen molar-refractivity contribution in [3.63, 3.8) is 0 Å². The highest BCUT2D eigenvalue weighted by molar-refractivity contribution is 14.0. The monoisotopic (exact) mass is 472 g/mol. The first-order valence-electron chi connectivity index (χ1n) is 8.14. The van der Waals surface area contributed by atoms with Crippen LogP contribution >= 0.6 is 35.3 Å². The Kier molecular flexibility index (Phi) is 10.2. The second kappa shape index (κ2) is 11.9. The summed E-state index contributed by atoms with van der Waals surface area (Å²) >= 11 is 1.72. The van der Waals surface area contributed by atoms with Crippen molar-refractivity contribution in [2.24, 2.45) is 4.99 Å². The Morgan fingerprint density at radius 3 is 2.56 bits per heavy atom. The zero-order valence-corrected chi connectivity index (χ0v) is 17.7. The number of rotatable bonds is 7. The largest absolute Gasteiger partial charge is 0.357 e. The van der Waals surface area contributed by atoms with E-state index in [9.17, 15) is 4.79 Å². The van der Waals surface area contributed by atoms with Crippen molar-refractivity contribution in [1.29, 1.82) is 0 Å². The van der Waals surface area contributed by atoms with Crippen LogP contribution in [0.2, 0.25) is 0 Å². The minimum atomic E-state index is -0.0499. The van der Waals surface area contributed by atoms with Gasteiger partial charge in [-0.1, -0.05) is 18.2 Å². The molecule has 2 aromatic rings. The molecule has 0 fully saturated rings. The summed E-state index contributed by atoms with van der Waals surface area (Å²) in [5.74, 6) is 0.723. The van der Waals surface area contributed by atoms with E-state index in [2.05, 4.69) is 32.4 Å². The van der Waals surface area contributed by atoms with Crippen molar-refractivity contribution < 1.29 is 4.79 Å². The van der Waals surface area contributed by atoms with E-state index in [1.165, 1.54) is 4.88 Å². The number of halogens is 1. The molecule has 0 bridgehead atoms. The molecule has 0 saturated carbocycles. The molecule has 0 radical (unpaired) electrons. The fourth-order valence-electron chi connectivity index (χ4n) is 2.17. The van der Waals surface area contributed by atoms with Gasteiger partial charge in [0.05, 0.1) is 13.1 Å². The van der Waals surface area contributed by atoms with E-state index < -0.39 is 0 Å². The average molecular weight is 472 g/mol. The molecule has 0 atom stereocenters. The highest BCUT2D eigenvalue weighted by Crippen LogP contribution is 2.08. The van der Waals surface area contributed by atoms with Crippen molar-refractivity contribution in [2.45, 2.75) is 26.9 Å². The molecule has 1 aromatic heterocycles. The number of guanidine groups is 1. The van der Waals surface area contributed by atoms with Gasteiger partial charge in [-0.25, -0.2) is 4.99 Å². The summed E-state index contributed by atoms with van der Waals surface area (Å²) in [5, 5.41) is 11.4. The third-order valence-electron chi connectivity index (χ3n) is 3.30. The Balaban J connectivity index is 0.00000312. The number of thiophene rings is 1. The zero-order chi connectivity index (χ0) is 17.2. The minimum Gasteiger partial charge on any atom is -0.357 e. The van der Waals surface area contributed by atoms with Gasteiger partial charge in [-0.2, -0.15) is 0 Å². The number of hydrogen-bond acceptors (Lipinski definition) is 3. The number of carbonyl (C=O) groups is 1. The number of hydrogen-bond donors (Lipinski definition) is 3. The van der Waals surface area contributed by atoms with Crippen LogP contribution in [0.3, 0.4) is 0 Å². The fraction of sp³-hybridized carbons (Fsp3) is 0.333. The van der Waals surface area contributed by atoms with Gasteiger partial charge in [-0.05, 0) is 43.0 Å². The molecule has 2 rings (SSSR count). The summed E-state index contributed by atoms with van der Waals surface area (Å²) in [6.45, 7) is 6.65. The van der Waals surface area contributed by atoms with Gasteiger partial charge in [-0.3, -0.25) is 4.79 Å². The van der Waals surface area contributed by atoms with Crippen LogP contribution in [-0.4, -0.2) is 25.0 Å². The summed E-state index contributed by atoms with van der Waals surface area (Å²) in [6, 6.07) is 11.7. The molecule has 1 amide bonds.